The molecule has 0 spiro atoms. The van der Waals surface area contributed by atoms with Crippen LogP contribution in [0.5, 0.6) is 0 Å². The maximum Gasteiger partial charge on any atom is 0.123 e. The minimum atomic E-state index is 0.602. The number of hydrogen-bond acceptors (Lipinski definition) is 2. The molecule has 0 unspecified atom stereocenters. The Balaban J connectivity index is 2.89. The first-order valence-electron chi connectivity index (χ1n) is 3.87. The van der Waals surface area contributed by atoms with Gasteiger partial charge in [-0.3, -0.25) is 0 Å². The van der Waals surface area contributed by atoms with Crippen LogP contribution in [0.1, 0.15) is 24.6 Å². The second kappa shape index (κ2) is 3.37. The molecule has 1 rings (SSSR count). The molecular weight excluding hydrogens is 136 g/mol. The van der Waals surface area contributed by atoms with Crippen LogP contribution in [0.4, 0.5) is 5.82 Å². The molecule has 1 aromatic heterocycles. The Labute approximate surface area is 67.5 Å². The van der Waals surface area contributed by atoms with Crippen molar-refractivity contribution in [1.82, 2.24) is 4.98 Å². The largest absolute Gasteiger partial charge is 0.384 e. The summed E-state index contributed by atoms with van der Waals surface area (Å²) in [7, 11) is 0. The van der Waals surface area contributed by atoms with E-state index in [0.29, 0.717) is 5.82 Å². The normalized spacial score (nSPS) is 10.0. The Bertz CT molecular complexity index is 223. The quantitative estimate of drug-likeness (QED) is 0.695. The van der Waals surface area contributed by atoms with E-state index in [-0.39, 0.29) is 0 Å². The number of anilines is 1. The summed E-state index contributed by atoms with van der Waals surface area (Å²) in [5.74, 6) is 0.602. The number of nitrogens with zero attached hydrogens (tertiary/aromatic N) is 1. The Morgan fingerprint density at radius 3 is 2.91 bits per heavy atom. The van der Waals surface area contributed by atoms with Gasteiger partial charge in [-0.1, -0.05) is 13.3 Å². The number of hydrogen-bond donors (Lipinski definition) is 1. The van der Waals surface area contributed by atoms with Crippen molar-refractivity contribution in [3.05, 3.63) is 23.4 Å². The number of rotatable bonds is 2. The van der Waals surface area contributed by atoms with Gasteiger partial charge in [0, 0.05) is 11.8 Å². The predicted octanol–water partition coefficient (Wildman–Crippen LogP) is 1.72. The minimum Gasteiger partial charge on any atom is -0.384 e. The topological polar surface area (TPSA) is 38.9 Å². The van der Waals surface area contributed by atoms with E-state index in [2.05, 4.69) is 18.0 Å². The summed E-state index contributed by atoms with van der Waals surface area (Å²) in [6.07, 6.45) is 2.16. The minimum absolute atomic E-state index is 0.602. The van der Waals surface area contributed by atoms with Crippen LogP contribution < -0.4 is 5.73 Å². The molecule has 11 heavy (non-hydrogen) atoms. The van der Waals surface area contributed by atoms with Crippen molar-refractivity contribution in [2.24, 2.45) is 0 Å². The molecule has 0 amide bonds. The van der Waals surface area contributed by atoms with Crippen molar-refractivity contribution >= 4 is 5.82 Å². The van der Waals surface area contributed by atoms with Crippen LogP contribution in [0.2, 0.25) is 0 Å². The summed E-state index contributed by atoms with van der Waals surface area (Å²) < 4.78 is 0. The molecule has 0 aromatic carbocycles. The van der Waals surface area contributed by atoms with Gasteiger partial charge in [0.15, 0.2) is 0 Å². The van der Waals surface area contributed by atoms with Gasteiger partial charge in [-0.25, -0.2) is 4.98 Å². The van der Waals surface area contributed by atoms with E-state index < -0.39 is 0 Å². The van der Waals surface area contributed by atoms with Gasteiger partial charge in [-0.2, -0.15) is 0 Å². The fourth-order valence-electron chi connectivity index (χ4n) is 1.10. The van der Waals surface area contributed by atoms with Crippen LogP contribution in [0.15, 0.2) is 6.07 Å². The molecule has 0 bridgehead atoms. The second-order valence-corrected chi connectivity index (χ2v) is 2.67. The molecule has 0 fully saturated rings. The second-order valence-electron chi connectivity index (χ2n) is 2.67. The van der Waals surface area contributed by atoms with Crippen LogP contribution in [0.25, 0.3) is 0 Å². The average Bonchev–Trinajstić information content (AvgIpc) is 1.85. The molecule has 2 N–H and O–H groups in total. The zero-order valence-electron chi connectivity index (χ0n) is 7.02. The standard InChI is InChI=1S/C9H13N2/c1-3-4-8-5-7(2)11-9(10)6-8/h6H,3-4H2,1-2H3,(H2,10,11). The van der Waals surface area contributed by atoms with Crippen molar-refractivity contribution < 1.29 is 0 Å². The highest BCUT2D eigenvalue weighted by molar-refractivity contribution is 5.33. The lowest BCUT2D eigenvalue weighted by Crippen LogP contribution is -1.95. The summed E-state index contributed by atoms with van der Waals surface area (Å²) in [6, 6.07) is 5.04. The SMILES string of the molecule is CCCc1[c]c(C)nc(N)c1. The fourth-order valence-corrected chi connectivity index (χ4v) is 1.10. The van der Waals surface area contributed by atoms with Gasteiger partial charge >= 0.3 is 0 Å². The Hall–Kier alpha value is -1.05. The third-order valence-electron chi connectivity index (χ3n) is 1.48. The van der Waals surface area contributed by atoms with Gasteiger partial charge in [0.25, 0.3) is 0 Å². The maximum atomic E-state index is 5.56. The van der Waals surface area contributed by atoms with Gasteiger partial charge in [-0.15, -0.1) is 0 Å². The first-order chi connectivity index (χ1) is 5.22. The van der Waals surface area contributed by atoms with E-state index in [1.807, 2.05) is 13.0 Å². The third-order valence-corrected chi connectivity index (χ3v) is 1.48. The van der Waals surface area contributed by atoms with Gasteiger partial charge < -0.3 is 5.73 Å². The maximum absolute atomic E-state index is 5.56. The molecule has 1 aromatic rings. The zero-order valence-corrected chi connectivity index (χ0v) is 7.02. The molecule has 0 atom stereocenters. The lowest BCUT2D eigenvalue weighted by atomic mass is 10.1. The first kappa shape index (κ1) is 8.05. The lowest BCUT2D eigenvalue weighted by Gasteiger charge is -2.00. The lowest BCUT2D eigenvalue weighted by molar-refractivity contribution is 0.913. The van der Waals surface area contributed by atoms with Crippen LogP contribution in [-0.4, -0.2) is 4.98 Å². The van der Waals surface area contributed by atoms with Crippen molar-refractivity contribution in [2.75, 3.05) is 5.73 Å². The third kappa shape index (κ3) is 2.22. The summed E-state index contributed by atoms with van der Waals surface area (Å²) in [4.78, 5) is 4.04. The molecule has 2 nitrogen and oxygen atoms in total. The van der Waals surface area contributed by atoms with Crippen LogP contribution in [0, 0.1) is 13.0 Å². The van der Waals surface area contributed by atoms with Gasteiger partial charge in [0.05, 0.1) is 0 Å². The Kier molecular flexibility index (Phi) is 2.47. The Morgan fingerprint density at radius 2 is 2.36 bits per heavy atom. The van der Waals surface area contributed by atoms with Crippen molar-refractivity contribution in [3.63, 3.8) is 0 Å². The molecule has 0 saturated carbocycles. The highest BCUT2D eigenvalue weighted by Crippen LogP contribution is 2.07. The highest BCUT2D eigenvalue weighted by Gasteiger charge is 1.95. The number of pyridine rings is 1. The molecule has 0 aliphatic rings. The average molecular weight is 149 g/mol. The number of nitrogen functional groups attached to an aromatic ring is 1. The number of aromatic nitrogens is 1. The molecule has 0 saturated heterocycles. The summed E-state index contributed by atoms with van der Waals surface area (Å²) >= 11 is 0. The number of nitrogens with two attached hydrogens (primary N) is 1. The van der Waals surface area contributed by atoms with Crippen LogP contribution >= 0.6 is 0 Å². The van der Waals surface area contributed by atoms with Gasteiger partial charge in [0.1, 0.15) is 5.82 Å². The van der Waals surface area contributed by atoms with Crippen molar-refractivity contribution in [2.45, 2.75) is 26.7 Å². The van der Waals surface area contributed by atoms with E-state index in [4.69, 9.17) is 5.73 Å². The summed E-state index contributed by atoms with van der Waals surface area (Å²) in [6.45, 7) is 4.05. The Morgan fingerprint density at radius 1 is 1.64 bits per heavy atom. The fraction of sp³-hybridized carbons (Fsp3) is 0.444. The molecule has 59 valence electrons. The predicted molar refractivity (Wildman–Crippen MR) is 46.2 cm³/mol. The molecular formula is C9H13N2. The van der Waals surface area contributed by atoms with E-state index >= 15 is 0 Å². The summed E-state index contributed by atoms with van der Waals surface area (Å²) in [5.41, 5.74) is 7.61. The zero-order chi connectivity index (χ0) is 8.27. The van der Waals surface area contributed by atoms with Crippen LogP contribution in [0.3, 0.4) is 0 Å². The van der Waals surface area contributed by atoms with Gasteiger partial charge in [0.2, 0.25) is 0 Å². The van der Waals surface area contributed by atoms with E-state index in [1.165, 1.54) is 0 Å². The molecule has 1 heterocycles. The van der Waals surface area contributed by atoms with E-state index in [1.54, 1.807) is 0 Å². The molecule has 0 aliphatic carbocycles. The molecule has 0 aliphatic heterocycles. The van der Waals surface area contributed by atoms with Gasteiger partial charge in [-0.05, 0) is 25.0 Å². The highest BCUT2D eigenvalue weighted by atomic mass is 14.8. The smallest absolute Gasteiger partial charge is 0.123 e. The van der Waals surface area contributed by atoms with Crippen molar-refractivity contribution in [3.8, 4) is 0 Å². The van der Waals surface area contributed by atoms with E-state index in [0.717, 1.165) is 24.1 Å². The monoisotopic (exact) mass is 149 g/mol. The van der Waals surface area contributed by atoms with Crippen molar-refractivity contribution in [1.29, 1.82) is 0 Å². The molecule has 2 heteroatoms. The first-order valence-corrected chi connectivity index (χ1v) is 3.87. The summed E-state index contributed by atoms with van der Waals surface area (Å²) in [5, 5.41) is 0. The number of aryl methyl sites for hydroxylation is 2. The molecule has 1 radical (unpaired) electrons. The van der Waals surface area contributed by atoms with E-state index in [9.17, 15) is 0 Å². The van der Waals surface area contributed by atoms with Crippen LogP contribution in [-0.2, 0) is 6.42 Å².